The Morgan fingerprint density at radius 1 is 0.963 bits per heavy atom. The predicted molar refractivity (Wildman–Crippen MR) is 101 cm³/mol. The molecule has 0 saturated carbocycles. The molecule has 0 rings (SSSR count). The minimum atomic E-state index is -0.528. The van der Waals surface area contributed by atoms with Crippen molar-refractivity contribution in [3.8, 4) is 0 Å². The molecule has 0 heterocycles. The average Bonchev–Trinajstić information content (AvgIpc) is 2.67. The van der Waals surface area contributed by atoms with Gasteiger partial charge >= 0.3 is 17.9 Å². The topological polar surface area (TPSA) is 108 Å². The number of nitrogens with one attached hydrogen (secondary N) is 1. The Morgan fingerprint density at radius 3 is 1.96 bits per heavy atom. The molecule has 0 aliphatic carbocycles. The molecule has 1 amide bonds. The van der Waals surface area contributed by atoms with E-state index in [1.165, 1.54) is 6.08 Å². The van der Waals surface area contributed by atoms with E-state index < -0.39 is 11.9 Å². The highest BCUT2D eigenvalue weighted by atomic mass is 16.6. The summed E-state index contributed by atoms with van der Waals surface area (Å²) in [6.45, 7) is 11.2. The number of carbonyl (C=O) groups excluding carboxylic acids is 4. The van der Waals surface area contributed by atoms with E-state index in [1.807, 2.05) is 20.8 Å². The lowest BCUT2D eigenvalue weighted by Gasteiger charge is -2.09. The van der Waals surface area contributed by atoms with Gasteiger partial charge in [0.05, 0.1) is 18.8 Å². The molecule has 0 bridgehead atoms. The SMILES string of the molecule is C=CCOC(=O)CCC(=O)OCCOC(=O)C(C)CC.CCC(C)NC=O. The molecule has 156 valence electrons. The third-order valence-electron chi connectivity index (χ3n) is 3.47. The van der Waals surface area contributed by atoms with Crippen LogP contribution in [0.15, 0.2) is 12.7 Å². The van der Waals surface area contributed by atoms with Crippen LogP contribution in [-0.4, -0.2) is 50.2 Å². The van der Waals surface area contributed by atoms with Crippen LogP contribution in [0.2, 0.25) is 0 Å². The van der Waals surface area contributed by atoms with E-state index in [2.05, 4.69) is 11.9 Å². The minimum absolute atomic E-state index is 0.0112. The zero-order valence-electron chi connectivity index (χ0n) is 16.8. The van der Waals surface area contributed by atoms with E-state index >= 15 is 0 Å². The fourth-order valence-electron chi connectivity index (χ4n) is 1.34. The molecule has 2 unspecified atom stereocenters. The van der Waals surface area contributed by atoms with Gasteiger partial charge in [-0.2, -0.15) is 0 Å². The third-order valence-corrected chi connectivity index (χ3v) is 3.47. The summed E-state index contributed by atoms with van der Waals surface area (Å²) >= 11 is 0. The maximum absolute atomic E-state index is 11.3. The van der Waals surface area contributed by atoms with Crippen LogP contribution in [0, 0.1) is 5.92 Å². The van der Waals surface area contributed by atoms with Crippen LogP contribution in [0.4, 0.5) is 0 Å². The van der Waals surface area contributed by atoms with Gasteiger partial charge in [-0.25, -0.2) is 0 Å². The van der Waals surface area contributed by atoms with Gasteiger partial charge in [0.2, 0.25) is 6.41 Å². The summed E-state index contributed by atoms with van der Waals surface area (Å²) in [5, 5.41) is 2.61. The highest BCUT2D eigenvalue weighted by Crippen LogP contribution is 2.03. The van der Waals surface area contributed by atoms with Crippen LogP contribution in [0.25, 0.3) is 0 Å². The van der Waals surface area contributed by atoms with Gasteiger partial charge in [-0.15, -0.1) is 0 Å². The Morgan fingerprint density at radius 2 is 1.52 bits per heavy atom. The van der Waals surface area contributed by atoms with Crippen molar-refractivity contribution in [2.45, 2.75) is 59.4 Å². The van der Waals surface area contributed by atoms with E-state index in [9.17, 15) is 19.2 Å². The molecule has 0 fully saturated rings. The maximum Gasteiger partial charge on any atom is 0.308 e. The Kier molecular flexibility index (Phi) is 18.3. The quantitative estimate of drug-likeness (QED) is 0.170. The maximum atomic E-state index is 11.3. The molecule has 0 saturated heterocycles. The molecular weight excluding hydrogens is 354 g/mol. The van der Waals surface area contributed by atoms with Crippen LogP contribution in [0.1, 0.15) is 53.4 Å². The molecule has 0 spiro atoms. The third kappa shape index (κ3) is 18.2. The molecule has 27 heavy (non-hydrogen) atoms. The molecule has 8 nitrogen and oxygen atoms in total. The Balaban J connectivity index is 0. The fourth-order valence-corrected chi connectivity index (χ4v) is 1.34. The van der Waals surface area contributed by atoms with Gasteiger partial charge in [-0.05, 0) is 19.8 Å². The number of hydrogen-bond acceptors (Lipinski definition) is 7. The first kappa shape index (κ1) is 26.8. The summed E-state index contributed by atoms with van der Waals surface area (Å²) in [5.74, 6) is -1.48. The van der Waals surface area contributed by atoms with Gasteiger partial charge in [0.1, 0.15) is 19.8 Å². The molecule has 0 aliphatic rings. The number of amides is 1. The summed E-state index contributed by atoms with van der Waals surface area (Å²) in [4.78, 5) is 43.3. The molecule has 8 heteroatoms. The monoisotopic (exact) mass is 387 g/mol. The first-order valence-corrected chi connectivity index (χ1v) is 9.10. The summed E-state index contributed by atoms with van der Waals surface area (Å²) in [6.07, 6.45) is 3.77. The van der Waals surface area contributed by atoms with Crippen molar-refractivity contribution in [2.75, 3.05) is 19.8 Å². The second kappa shape index (κ2) is 18.4. The lowest BCUT2D eigenvalue weighted by atomic mass is 10.1. The minimum Gasteiger partial charge on any atom is -0.462 e. The number of hydrogen-bond donors (Lipinski definition) is 1. The molecular formula is C19H33NO7. The summed E-state index contributed by atoms with van der Waals surface area (Å²) < 4.78 is 14.4. The molecule has 0 aromatic carbocycles. The molecule has 1 N–H and O–H groups in total. The van der Waals surface area contributed by atoms with E-state index in [-0.39, 0.29) is 44.5 Å². The van der Waals surface area contributed by atoms with Gasteiger partial charge in [-0.3, -0.25) is 19.2 Å². The lowest BCUT2D eigenvalue weighted by Crippen LogP contribution is -2.22. The van der Waals surface area contributed by atoms with Crippen molar-refractivity contribution >= 4 is 24.3 Å². The van der Waals surface area contributed by atoms with Crippen molar-refractivity contribution in [1.29, 1.82) is 0 Å². The number of esters is 3. The molecule has 0 aliphatic heterocycles. The predicted octanol–water partition coefficient (Wildman–Crippen LogP) is 2.16. The van der Waals surface area contributed by atoms with E-state index in [0.29, 0.717) is 12.5 Å². The van der Waals surface area contributed by atoms with Gasteiger partial charge in [-0.1, -0.05) is 33.4 Å². The number of carbonyl (C=O) groups is 4. The van der Waals surface area contributed by atoms with Gasteiger partial charge < -0.3 is 19.5 Å². The van der Waals surface area contributed by atoms with Crippen molar-refractivity contribution in [2.24, 2.45) is 5.92 Å². The van der Waals surface area contributed by atoms with Crippen molar-refractivity contribution in [3.05, 3.63) is 12.7 Å². The lowest BCUT2D eigenvalue weighted by molar-refractivity contribution is -0.155. The van der Waals surface area contributed by atoms with Crippen molar-refractivity contribution in [3.63, 3.8) is 0 Å². The highest BCUT2D eigenvalue weighted by Gasteiger charge is 2.12. The smallest absolute Gasteiger partial charge is 0.308 e. The first-order chi connectivity index (χ1) is 12.8. The van der Waals surface area contributed by atoms with Gasteiger partial charge in [0.25, 0.3) is 0 Å². The fraction of sp³-hybridized carbons (Fsp3) is 0.684. The van der Waals surface area contributed by atoms with Crippen molar-refractivity contribution < 1.29 is 33.4 Å². The van der Waals surface area contributed by atoms with Crippen LogP contribution in [-0.2, 0) is 33.4 Å². The van der Waals surface area contributed by atoms with Gasteiger partial charge in [0, 0.05) is 6.04 Å². The van der Waals surface area contributed by atoms with Gasteiger partial charge in [0.15, 0.2) is 0 Å². The number of rotatable bonds is 13. The standard InChI is InChI=1S/C14H22O6.C5H11NO/c1-4-8-18-12(15)6-7-13(16)19-9-10-20-14(17)11(3)5-2;1-3-5(2)6-4-7/h4,11H,1,5-10H2,2-3H3;4-5H,3H2,1-2H3,(H,6,7). The average molecular weight is 387 g/mol. The Hall–Kier alpha value is -2.38. The Labute approximate surface area is 161 Å². The van der Waals surface area contributed by atoms with Crippen molar-refractivity contribution in [1.82, 2.24) is 5.32 Å². The van der Waals surface area contributed by atoms with E-state index in [4.69, 9.17) is 14.2 Å². The number of ether oxygens (including phenoxy) is 3. The molecule has 0 aromatic heterocycles. The Bertz CT molecular complexity index is 451. The van der Waals surface area contributed by atoms with E-state index in [0.717, 1.165) is 12.8 Å². The van der Waals surface area contributed by atoms with Crippen LogP contribution in [0.3, 0.4) is 0 Å². The summed E-state index contributed by atoms with van der Waals surface area (Å²) in [5.41, 5.74) is 0. The molecule has 2 atom stereocenters. The second-order valence-electron chi connectivity index (χ2n) is 5.76. The van der Waals surface area contributed by atoms with Crippen LogP contribution < -0.4 is 5.32 Å². The largest absolute Gasteiger partial charge is 0.462 e. The first-order valence-electron chi connectivity index (χ1n) is 9.10. The molecule has 0 radical (unpaired) electrons. The molecule has 0 aromatic rings. The second-order valence-corrected chi connectivity index (χ2v) is 5.76. The zero-order chi connectivity index (χ0) is 21.1. The highest BCUT2D eigenvalue weighted by molar-refractivity contribution is 5.77. The summed E-state index contributed by atoms with van der Waals surface area (Å²) in [7, 11) is 0. The summed E-state index contributed by atoms with van der Waals surface area (Å²) in [6, 6.07) is 0.331. The van der Waals surface area contributed by atoms with Crippen LogP contribution >= 0.6 is 0 Å². The zero-order valence-corrected chi connectivity index (χ0v) is 16.8. The van der Waals surface area contributed by atoms with E-state index in [1.54, 1.807) is 6.92 Å². The normalized spacial score (nSPS) is 11.7. The van der Waals surface area contributed by atoms with Crippen LogP contribution in [0.5, 0.6) is 0 Å².